The topological polar surface area (TPSA) is 102 Å². The van der Waals surface area contributed by atoms with Crippen LogP contribution in [0.2, 0.25) is 5.02 Å². The van der Waals surface area contributed by atoms with E-state index in [0.29, 0.717) is 36.1 Å². The summed E-state index contributed by atoms with van der Waals surface area (Å²) in [5, 5.41) is 6.70. The number of hydrogen-bond acceptors (Lipinski definition) is 7. The van der Waals surface area contributed by atoms with E-state index in [0.717, 1.165) is 37.0 Å². The van der Waals surface area contributed by atoms with Gasteiger partial charge in [-0.05, 0) is 31.0 Å². The van der Waals surface area contributed by atoms with Gasteiger partial charge in [0, 0.05) is 35.9 Å². The number of unbranched alkanes of at least 4 members (excludes halogenated alkanes) is 3. The predicted octanol–water partition coefficient (Wildman–Crippen LogP) is 3.53. The standard InChI is InChI=1S/C21H25ClN4O4/c1-29-19(27)6-4-2-3-5-9-23-20(28)14-11-24-21(25-12-14)26-17-13-30-18-8-7-15(22)10-16(17)18/h7-8,10-12,17H,2-6,9,13H2,1H3,(H,23,28)(H,24,25,26). The number of carbonyl (C=O) groups is 2. The molecule has 0 spiro atoms. The van der Waals surface area contributed by atoms with E-state index < -0.39 is 0 Å². The third-order valence-electron chi connectivity index (χ3n) is 4.79. The second-order valence-corrected chi connectivity index (χ2v) is 7.42. The Balaban J connectivity index is 1.40. The van der Waals surface area contributed by atoms with Crippen LogP contribution in [-0.2, 0) is 9.53 Å². The number of nitrogens with zero attached hydrogens (tertiary/aromatic N) is 2. The molecule has 1 aliphatic rings. The summed E-state index contributed by atoms with van der Waals surface area (Å²) >= 11 is 6.07. The van der Waals surface area contributed by atoms with Gasteiger partial charge in [0.2, 0.25) is 5.95 Å². The van der Waals surface area contributed by atoms with E-state index in [1.807, 2.05) is 12.1 Å². The van der Waals surface area contributed by atoms with Crippen molar-refractivity contribution in [2.75, 3.05) is 25.6 Å². The quantitative estimate of drug-likeness (QED) is 0.437. The number of benzene rings is 1. The van der Waals surface area contributed by atoms with E-state index in [9.17, 15) is 9.59 Å². The van der Waals surface area contributed by atoms with Gasteiger partial charge in [0.1, 0.15) is 12.4 Å². The Labute approximate surface area is 180 Å². The lowest BCUT2D eigenvalue weighted by Crippen LogP contribution is -2.25. The van der Waals surface area contributed by atoms with Crippen LogP contribution in [0, 0.1) is 0 Å². The van der Waals surface area contributed by atoms with Crippen LogP contribution >= 0.6 is 11.6 Å². The van der Waals surface area contributed by atoms with Crippen molar-refractivity contribution < 1.29 is 19.1 Å². The minimum Gasteiger partial charge on any atom is -0.491 e. The average Bonchev–Trinajstić information content (AvgIpc) is 3.15. The number of rotatable bonds is 10. The fourth-order valence-electron chi connectivity index (χ4n) is 3.13. The van der Waals surface area contributed by atoms with Gasteiger partial charge < -0.3 is 20.1 Å². The number of methoxy groups -OCH3 is 1. The van der Waals surface area contributed by atoms with Crippen molar-refractivity contribution in [2.24, 2.45) is 0 Å². The highest BCUT2D eigenvalue weighted by Crippen LogP contribution is 2.35. The molecule has 2 heterocycles. The SMILES string of the molecule is COC(=O)CCCCCCNC(=O)c1cnc(NC2COc3ccc(Cl)cc32)nc1. The maximum absolute atomic E-state index is 12.2. The number of halogens is 1. The highest BCUT2D eigenvalue weighted by Gasteiger charge is 2.25. The Bertz CT molecular complexity index is 876. The molecule has 0 bridgehead atoms. The van der Waals surface area contributed by atoms with E-state index in [2.05, 4.69) is 25.3 Å². The van der Waals surface area contributed by atoms with E-state index in [1.54, 1.807) is 6.07 Å². The molecule has 2 N–H and O–H groups in total. The molecule has 0 radical (unpaired) electrons. The van der Waals surface area contributed by atoms with Crippen LogP contribution in [0.4, 0.5) is 5.95 Å². The molecule has 1 unspecified atom stereocenters. The van der Waals surface area contributed by atoms with E-state index in [1.165, 1.54) is 19.5 Å². The van der Waals surface area contributed by atoms with Gasteiger partial charge in [0.15, 0.2) is 0 Å². The lowest BCUT2D eigenvalue weighted by molar-refractivity contribution is -0.140. The lowest BCUT2D eigenvalue weighted by atomic mass is 10.1. The number of carbonyl (C=O) groups excluding carboxylic acids is 2. The largest absolute Gasteiger partial charge is 0.491 e. The summed E-state index contributed by atoms with van der Waals surface area (Å²) in [5.74, 6) is 0.809. The Morgan fingerprint density at radius 2 is 1.97 bits per heavy atom. The van der Waals surface area contributed by atoms with Gasteiger partial charge in [-0.2, -0.15) is 0 Å². The molecule has 1 amide bonds. The van der Waals surface area contributed by atoms with Gasteiger partial charge in [-0.1, -0.05) is 24.4 Å². The van der Waals surface area contributed by atoms with Crippen LogP contribution in [0.25, 0.3) is 0 Å². The molecule has 0 aliphatic carbocycles. The number of ether oxygens (including phenoxy) is 2. The van der Waals surface area contributed by atoms with Gasteiger partial charge in [0.25, 0.3) is 5.91 Å². The summed E-state index contributed by atoms with van der Waals surface area (Å²) in [7, 11) is 1.39. The van der Waals surface area contributed by atoms with E-state index in [-0.39, 0.29) is 17.9 Å². The Hall–Kier alpha value is -2.87. The Morgan fingerprint density at radius 1 is 1.20 bits per heavy atom. The summed E-state index contributed by atoms with van der Waals surface area (Å²) < 4.78 is 10.2. The van der Waals surface area contributed by atoms with E-state index in [4.69, 9.17) is 16.3 Å². The first kappa shape index (κ1) is 21.8. The summed E-state index contributed by atoms with van der Waals surface area (Å²) in [6.07, 6.45) is 6.93. The Kier molecular flexibility index (Phi) is 7.84. The third kappa shape index (κ3) is 6.06. The first-order valence-corrected chi connectivity index (χ1v) is 10.3. The van der Waals surface area contributed by atoms with Crippen LogP contribution in [0.1, 0.15) is 54.1 Å². The molecule has 0 saturated carbocycles. The number of fused-ring (bicyclic) bond motifs is 1. The van der Waals surface area contributed by atoms with Crippen LogP contribution in [0.15, 0.2) is 30.6 Å². The van der Waals surface area contributed by atoms with Crippen molar-refractivity contribution in [3.63, 3.8) is 0 Å². The van der Waals surface area contributed by atoms with Gasteiger partial charge in [0.05, 0.1) is 18.7 Å². The van der Waals surface area contributed by atoms with Crippen molar-refractivity contribution >= 4 is 29.4 Å². The molecular weight excluding hydrogens is 408 g/mol. The number of amides is 1. The molecule has 1 aromatic carbocycles. The summed E-state index contributed by atoms with van der Waals surface area (Å²) in [6.45, 7) is 1.02. The molecule has 2 aromatic rings. The summed E-state index contributed by atoms with van der Waals surface area (Å²) in [4.78, 5) is 31.7. The van der Waals surface area contributed by atoms with Gasteiger partial charge in [-0.25, -0.2) is 9.97 Å². The van der Waals surface area contributed by atoms with Gasteiger partial charge in [-0.3, -0.25) is 9.59 Å². The molecule has 0 saturated heterocycles. The predicted molar refractivity (Wildman–Crippen MR) is 113 cm³/mol. The van der Waals surface area contributed by atoms with Crippen molar-refractivity contribution in [1.82, 2.24) is 15.3 Å². The van der Waals surface area contributed by atoms with Crippen LogP contribution in [0.5, 0.6) is 5.75 Å². The smallest absolute Gasteiger partial charge is 0.305 e. The molecule has 8 nitrogen and oxygen atoms in total. The number of esters is 1. The number of hydrogen-bond donors (Lipinski definition) is 2. The van der Waals surface area contributed by atoms with Gasteiger partial charge in [-0.15, -0.1) is 0 Å². The highest BCUT2D eigenvalue weighted by atomic mass is 35.5. The van der Waals surface area contributed by atoms with Crippen LogP contribution in [-0.4, -0.2) is 42.1 Å². The highest BCUT2D eigenvalue weighted by molar-refractivity contribution is 6.30. The van der Waals surface area contributed by atoms with Crippen molar-refractivity contribution in [1.29, 1.82) is 0 Å². The maximum Gasteiger partial charge on any atom is 0.305 e. The second kappa shape index (κ2) is 10.8. The van der Waals surface area contributed by atoms with E-state index >= 15 is 0 Å². The lowest BCUT2D eigenvalue weighted by Gasteiger charge is -2.12. The molecule has 30 heavy (non-hydrogen) atoms. The third-order valence-corrected chi connectivity index (χ3v) is 5.03. The molecule has 0 fully saturated rings. The number of aromatic nitrogens is 2. The molecule has 9 heteroatoms. The zero-order valence-electron chi connectivity index (χ0n) is 16.8. The van der Waals surface area contributed by atoms with Crippen LogP contribution < -0.4 is 15.4 Å². The molecule has 160 valence electrons. The molecule has 1 aliphatic heterocycles. The molecular formula is C21H25ClN4O4. The maximum atomic E-state index is 12.2. The molecule has 1 aromatic heterocycles. The molecule has 3 rings (SSSR count). The Morgan fingerprint density at radius 3 is 2.73 bits per heavy atom. The van der Waals surface area contributed by atoms with Crippen molar-refractivity contribution in [3.05, 3.63) is 46.7 Å². The fourth-order valence-corrected chi connectivity index (χ4v) is 3.32. The number of nitrogens with one attached hydrogen (secondary N) is 2. The van der Waals surface area contributed by atoms with Crippen molar-refractivity contribution in [2.45, 2.75) is 38.1 Å². The average molecular weight is 433 g/mol. The first-order chi connectivity index (χ1) is 14.6. The number of anilines is 1. The minimum absolute atomic E-state index is 0.0995. The molecule has 1 atom stereocenters. The zero-order chi connectivity index (χ0) is 21.3. The van der Waals surface area contributed by atoms with Crippen molar-refractivity contribution in [3.8, 4) is 5.75 Å². The summed E-state index contributed by atoms with van der Waals surface area (Å²) in [6, 6.07) is 5.39. The summed E-state index contributed by atoms with van der Waals surface area (Å²) in [5.41, 5.74) is 1.36. The minimum atomic E-state index is -0.211. The fraction of sp³-hybridized carbons (Fsp3) is 0.429. The normalized spacial score (nSPS) is 14.5. The first-order valence-electron chi connectivity index (χ1n) is 9.92. The monoisotopic (exact) mass is 432 g/mol. The zero-order valence-corrected chi connectivity index (χ0v) is 17.6. The van der Waals surface area contributed by atoms with Gasteiger partial charge >= 0.3 is 5.97 Å². The van der Waals surface area contributed by atoms with Crippen LogP contribution in [0.3, 0.4) is 0 Å². The second-order valence-electron chi connectivity index (χ2n) is 6.98.